The molecule has 0 radical (unpaired) electrons. The zero-order chi connectivity index (χ0) is 18.5. The van der Waals surface area contributed by atoms with Gasteiger partial charge in [-0.2, -0.15) is 0 Å². The van der Waals surface area contributed by atoms with E-state index in [0.29, 0.717) is 0 Å². The Morgan fingerprint density at radius 3 is 2.12 bits per heavy atom. The van der Waals surface area contributed by atoms with E-state index in [1.165, 1.54) is 11.1 Å². The van der Waals surface area contributed by atoms with Crippen LogP contribution in [0.1, 0.15) is 44.2 Å². The van der Waals surface area contributed by atoms with Gasteiger partial charge >= 0.3 is 0 Å². The molecule has 136 valence electrons. The number of ether oxygens (including phenoxy) is 1. The maximum absolute atomic E-state index is 6.44. The highest BCUT2D eigenvalue weighted by molar-refractivity contribution is 6.74. The number of hydrogen-bond donors (Lipinski definition) is 0. The largest absolute Gasteiger partial charge is 0.496 e. The molecular weight excluding hydrogens is 324 g/mol. The van der Waals surface area contributed by atoms with E-state index in [2.05, 4.69) is 76.3 Å². The van der Waals surface area contributed by atoms with Crippen molar-refractivity contribution < 1.29 is 9.16 Å². The summed E-state index contributed by atoms with van der Waals surface area (Å²) in [6.07, 6.45) is 0.955. The Labute approximate surface area is 154 Å². The zero-order valence-electron chi connectivity index (χ0n) is 16.5. The van der Waals surface area contributed by atoms with E-state index in [4.69, 9.17) is 9.16 Å². The van der Waals surface area contributed by atoms with Crippen LogP contribution in [0, 0.1) is 0 Å². The van der Waals surface area contributed by atoms with Crippen LogP contribution in [0.5, 0.6) is 5.75 Å². The molecule has 0 amide bonds. The molecule has 2 rings (SSSR count). The SMILES string of the molecule is COc1ccccc1[C@@H](CCO[Si](C)(C)C(C)(C)C)c1ccccc1. The average molecular weight is 357 g/mol. The van der Waals surface area contributed by atoms with Crippen LogP contribution >= 0.6 is 0 Å². The Kier molecular flexibility index (Phi) is 6.47. The van der Waals surface area contributed by atoms with Gasteiger partial charge < -0.3 is 9.16 Å². The van der Waals surface area contributed by atoms with E-state index >= 15 is 0 Å². The molecule has 2 nitrogen and oxygen atoms in total. The van der Waals surface area contributed by atoms with Gasteiger partial charge in [-0.1, -0.05) is 69.3 Å². The fourth-order valence-electron chi connectivity index (χ4n) is 2.79. The van der Waals surface area contributed by atoms with Gasteiger partial charge in [-0.25, -0.2) is 0 Å². The molecule has 0 heterocycles. The molecule has 0 bridgehead atoms. The third kappa shape index (κ3) is 4.96. The lowest BCUT2D eigenvalue weighted by Crippen LogP contribution is -2.41. The van der Waals surface area contributed by atoms with E-state index in [1.807, 2.05) is 12.1 Å². The smallest absolute Gasteiger partial charge is 0.191 e. The van der Waals surface area contributed by atoms with Crippen LogP contribution in [0.25, 0.3) is 0 Å². The first-order valence-electron chi connectivity index (χ1n) is 9.08. The highest BCUT2D eigenvalue weighted by Crippen LogP contribution is 2.38. The van der Waals surface area contributed by atoms with E-state index in [-0.39, 0.29) is 11.0 Å². The summed E-state index contributed by atoms with van der Waals surface area (Å²) in [5.41, 5.74) is 2.54. The fraction of sp³-hybridized carbons (Fsp3) is 0.455. The molecule has 0 aromatic heterocycles. The summed E-state index contributed by atoms with van der Waals surface area (Å²) in [7, 11) is 0.0163. The molecule has 0 aliphatic rings. The van der Waals surface area contributed by atoms with E-state index < -0.39 is 8.32 Å². The first-order chi connectivity index (χ1) is 11.8. The molecule has 2 aromatic carbocycles. The summed E-state index contributed by atoms with van der Waals surface area (Å²) in [5.74, 6) is 1.23. The predicted molar refractivity (Wildman–Crippen MR) is 109 cm³/mol. The minimum absolute atomic E-state index is 0.236. The molecule has 0 spiro atoms. The van der Waals surface area contributed by atoms with Crippen molar-refractivity contribution in [2.75, 3.05) is 13.7 Å². The highest BCUT2D eigenvalue weighted by atomic mass is 28.4. The first kappa shape index (κ1) is 19.7. The van der Waals surface area contributed by atoms with Crippen LogP contribution in [0.2, 0.25) is 18.1 Å². The Hall–Kier alpha value is -1.58. The normalized spacial score (nSPS) is 13.5. The lowest BCUT2D eigenvalue weighted by molar-refractivity contribution is 0.275. The topological polar surface area (TPSA) is 18.5 Å². The zero-order valence-corrected chi connectivity index (χ0v) is 17.5. The minimum Gasteiger partial charge on any atom is -0.496 e. The van der Waals surface area contributed by atoms with Gasteiger partial charge in [-0.05, 0) is 36.2 Å². The van der Waals surface area contributed by atoms with Crippen molar-refractivity contribution in [2.24, 2.45) is 0 Å². The van der Waals surface area contributed by atoms with E-state index in [9.17, 15) is 0 Å². The Bertz CT molecular complexity index is 659. The quantitative estimate of drug-likeness (QED) is 0.547. The number of hydrogen-bond acceptors (Lipinski definition) is 2. The standard InChI is InChI=1S/C22H32O2Si/c1-22(2,3)25(5,6)24-17-16-19(18-12-8-7-9-13-18)20-14-10-11-15-21(20)23-4/h7-15,19H,16-17H2,1-6H3/t19-/m0/s1. The average Bonchev–Trinajstić information content (AvgIpc) is 2.58. The first-order valence-corrected chi connectivity index (χ1v) is 12.0. The number of benzene rings is 2. The molecule has 0 saturated heterocycles. The molecule has 0 unspecified atom stereocenters. The number of para-hydroxylation sites is 1. The summed E-state index contributed by atoms with van der Waals surface area (Å²) >= 11 is 0. The summed E-state index contributed by atoms with van der Waals surface area (Å²) < 4.78 is 12.1. The molecule has 0 N–H and O–H groups in total. The highest BCUT2D eigenvalue weighted by Gasteiger charge is 2.37. The Balaban J connectivity index is 2.22. The van der Waals surface area contributed by atoms with Crippen molar-refractivity contribution in [2.45, 2.75) is 51.2 Å². The van der Waals surface area contributed by atoms with Gasteiger partial charge in [0.25, 0.3) is 0 Å². The van der Waals surface area contributed by atoms with Crippen molar-refractivity contribution >= 4 is 8.32 Å². The van der Waals surface area contributed by atoms with Crippen molar-refractivity contribution in [3.05, 3.63) is 65.7 Å². The van der Waals surface area contributed by atoms with Crippen LogP contribution in [-0.2, 0) is 4.43 Å². The van der Waals surface area contributed by atoms with Gasteiger partial charge in [0.15, 0.2) is 8.32 Å². The van der Waals surface area contributed by atoms with Crippen LogP contribution < -0.4 is 4.74 Å². The predicted octanol–water partition coefficient (Wildman–Crippen LogP) is 6.24. The van der Waals surface area contributed by atoms with Crippen molar-refractivity contribution in [3.8, 4) is 5.75 Å². The van der Waals surface area contributed by atoms with Gasteiger partial charge in [0.05, 0.1) is 7.11 Å². The Morgan fingerprint density at radius 2 is 1.52 bits per heavy atom. The molecule has 0 saturated carbocycles. The molecule has 25 heavy (non-hydrogen) atoms. The minimum atomic E-state index is -1.73. The molecule has 1 atom stereocenters. The van der Waals surface area contributed by atoms with E-state index in [1.54, 1.807) is 7.11 Å². The summed E-state index contributed by atoms with van der Waals surface area (Å²) in [6, 6.07) is 19.0. The van der Waals surface area contributed by atoms with Crippen molar-refractivity contribution in [3.63, 3.8) is 0 Å². The molecule has 0 aliphatic heterocycles. The second-order valence-corrected chi connectivity index (χ2v) is 12.9. The fourth-order valence-corrected chi connectivity index (χ4v) is 3.85. The second-order valence-electron chi connectivity index (χ2n) is 8.10. The van der Waals surface area contributed by atoms with Crippen LogP contribution in [0.3, 0.4) is 0 Å². The van der Waals surface area contributed by atoms with Crippen molar-refractivity contribution in [1.82, 2.24) is 0 Å². The van der Waals surface area contributed by atoms with Gasteiger partial charge in [-0.15, -0.1) is 0 Å². The summed E-state index contributed by atoms with van der Waals surface area (Å²) in [4.78, 5) is 0. The molecule has 2 aromatic rings. The number of methoxy groups -OCH3 is 1. The van der Waals surface area contributed by atoms with E-state index in [0.717, 1.165) is 18.8 Å². The number of rotatable bonds is 7. The second kappa shape index (κ2) is 8.20. The maximum Gasteiger partial charge on any atom is 0.191 e. The van der Waals surface area contributed by atoms with Gasteiger partial charge in [0.2, 0.25) is 0 Å². The van der Waals surface area contributed by atoms with Gasteiger partial charge in [0.1, 0.15) is 5.75 Å². The third-order valence-electron chi connectivity index (χ3n) is 5.39. The van der Waals surface area contributed by atoms with Gasteiger partial charge in [-0.3, -0.25) is 0 Å². The monoisotopic (exact) mass is 356 g/mol. The third-order valence-corrected chi connectivity index (χ3v) is 9.93. The summed E-state index contributed by atoms with van der Waals surface area (Å²) in [6.45, 7) is 12.3. The molecule has 0 fully saturated rings. The van der Waals surface area contributed by atoms with Crippen LogP contribution in [0.15, 0.2) is 54.6 Å². The summed E-state index contributed by atoms with van der Waals surface area (Å²) in [5, 5.41) is 0.236. The molecule has 0 aliphatic carbocycles. The maximum atomic E-state index is 6.44. The Morgan fingerprint density at radius 1 is 0.920 bits per heavy atom. The van der Waals surface area contributed by atoms with Crippen LogP contribution in [0.4, 0.5) is 0 Å². The van der Waals surface area contributed by atoms with Crippen LogP contribution in [-0.4, -0.2) is 22.0 Å². The van der Waals surface area contributed by atoms with Gasteiger partial charge in [0, 0.05) is 18.1 Å². The lowest BCUT2D eigenvalue weighted by atomic mass is 9.88. The molecule has 3 heteroatoms. The van der Waals surface area contributed by atoms with Crippen molar-refractivity contribution in [1.29, 1.82) is 0 Å². The lowest BCUT2D eigenvalue weighted by Gasteiger charge is -2.36. The molecular formula is C22H32O2Si.